The molecule has 0 saturated carbocycles. The number of allylic oxidation sites excluding steroid dienone is 1. The van der Waals surface area contributed by atoms with Crippen molar-refractivity contribution >= 4 is 11.9 Å². The molecule has 2 aliphatic rings. The van der Waals surface area contributed by atoms with Crippen LogP contribution >= 0.6 is 0 Å². The molecule has 2 heterocycles. The molecule has 3 N–H and O–H groups in total. The molecule has 2 saturated heterocycles. The van der Waals surface area contributed by atoms with E-state index >= 15 is 0 Å². The number of fused-ring (bicyclic) bond motifs is 1. The van der Waals surface area contributed by atoms with E-state index in [1.807, 2.05) is 24.0 Å². The van der Waals surface area contributed by atoms with Gasteiger partial charge in [-0.15, -0.1) is 0 Å². The second-order valence-electron chi connectivity index (χ2n) is 5.59. The molecule has 112 valence electrons. The van der Waals surface area contributed by atoms with Crippen LogP contribution in [0.25, 0.3) is 0 Å². The van der Waals surface area contributed by atoms with Crippen LogP contribution in [-0.4, -0.2) is 57.8 Å². The van der Waals surface area contributed by atoms with Crippen LogP contribution in [0.5, 0.6) is 0 Å². The van der Waals surface area contributed by atoms with E-state index in [-0.39, 0.29) is 17.9 Å². The van der Waals surface area contributed by atoms with Crippen LogP contribution in [0.1, 0.15) is 26.7 Å². The van der Waals surface area contributed by atoms with Gasteiger partial charge < -0.3 is 15.5 Å². The standard InChI is InChI=1S/C14H22N2O4/c1-3-4-9-7-10(14(19)20)16-6-5-11(18)12(13(9)16)15-8(2)17/h3-4,9-13,18H,5-7H2,1-2H3,(H,15,17)(H,19,20)/b4-3-/t9-,10-,11-,12+,13-/m1/s1. The molecule has 6 nitrogen and oxygen atoms in total. The van der Waals surface area contributed by atoms with Gasteiger partial charge >= 0.3 is 5.97 Å². The first-order valence-electron chi connectivity index (χ1n) is 7.02. The zero-order valence-electron chi connectivity index (χ0n) is 11.8. The van der Waals surface area contributed by atoms with Gasteiger partial charge in [0.05, 0.1) is 12.1 Å². The van der Waals surface area contributed by atoms with Crippen LogP contribution in [0, 0.1) is 5.92 Å². The maximum atomic E-state index is 11.4. The summed E-state index contributed by atoms with van der Waals surface area (Å²) in [6, 6.07) is -1.10. The van der Waals surface area contributed by atoms with Gasteiger partial charge in [-0.25, -0.2) is 0 Å². The summed E-state index contributed by atoms with van der Waals surface area (Å²) in [5.74, 6) is -0.998. The SMILES string of the molecule is C/C=C\[C@@H]1C[C@H](C(=O)O)N2CC[C@@H](O)[C@H](NC(C)=O)[C@@H]12. The monoisotopic (exact) mass is 282 g/mol. The van der Waals surface area contributed by atoms with Crippen molar-refractivity contribution in [3.8, 4) is 0 Å². The molecule has 2 rings (SSSR count). The van der Waals surface area contributed by atoms with Crippen molar-refractivity contribution in [1.29, 1.82) is 0 Å². The third-order valence-corrected chi connectivity index (χ3v) is 4.28. The summed E-state index contributed by atoms with van der Waals surface area (Å²) in [5, 5.41) is 22.3. The zero-order valence-corrected chi connectivity index (χ0v) is 11.8. The predicted molar refractivity (Wildman–Crippen MR) is 73.1 cm³/mol. The maximum Gasteiger partial charge on any atom is 0.320 e. The molecule has 6 heteroatoms. The van der Waals surface area contributed by atoms with Gasteiger partial charge in [0, 0.05) is 19.5 Å². The highest BCUT2D eigenvalue weighted by Gasteiger charge is 2.51. The molecule has 0 aliphatic carbocycles. The average Bonchev–Trinajstić information content (AvgIpc) is 2.72. The molecule has 0 unspecified atom stereocenters. The molecule has 0 aromatic carbocycles. The highest BCUT2D eigenvalue weighted by Crippen LogP contribution is 2.37. The van der Waals surface area contributed by atoms with E-state index in [4.69, 9.17) is 0 Å². The van der Waals surface area contributed by atoms with Crippen LogP contribution < -0.4 is 5.32 Å². The molecule has 0 spiro atoms. The van der Waals surface area contributed by atoms with E-state index in [2.05, 4.69) is 5.32 Å². The van der Waals surface area contributed by atoms with Crippen LogP contribution in [0.2, 0.25) is 0 Å². The van der Waals surface area contributed by atoms with Crippen molar-refractivity contribution in [3.05, 3.63) is 12.2 Å². The van der Waals surface area contributed by atoms with Gasteiger partial charge in [0.25, 0.3) is 0 Å². The Morgan fingerprint density at radius 3 is 2.65 bits per heavy atom. The molecule has 2 aliphatic heterocycles. The molecule has 0 bridgehead atoms. The number of piperidine rings is 1. The number of aliphatic hydroxyl groups excluding tert-OH is 1. The Hall–Kier alpha value is -1.40. The van der Waals surface area contributed by atoms with Crippen molar-refractivity contribution in [2.24, 2.45) is 5.92 Å². The Labute approximate surface area is 118 Å². The summed E-state index contributed by atoms with van der Waals surface area (Å²) < 4.78 is 0. The first-order chi connectivity index (χ1) is 9.45. The number of amides is 1. The third-order valence-electron chi connectivity index (χ3n) is 4.28. The van der Waals surface area contributed by atoms with E-state index in [1.165, 1.54) is 6.92 Å². The van der Waals surface area contributed by atoms with E-state index in [1.54, 1.807) is 0 Å². The average molecular weight is 282 g/mol. The number of nitrogens with zero attached hydrogens (tertiary/aromatic N) is 1. The first-order valence-corrected chi connectivity index (χ1v) is 7.02. The smallest absolute Gasteiger partial charge is 0.320 e. The Kier molecular flexibility index (Phi) is 4.45. The molecular weight excluding hydrogens is 260 g/mol. The minimum atomic E-state index is -0.833. The lowest BCUT2D eigenvalue weighted by Crippen LogP contribution is -2.62. The van der Waals surface area contributed by atoms with Crippen molar-refractivity contribution in [3.63, 3.8) is 0 Å². The van der Waals surface area contributed by atoms with Gasteiger partial charge in [-0.3, -0.25) is 14.5 Å². The van der Waals surface area contributed by atoms with Crippen LogP contribution in [-0.2, 0) is 9.59 Å². The number of rotatable bonds is 3. The molecular formula is C14H22N2O4. The number of aliphatic hydroxyl groups is 1. The first kappa shape index (κ1) is 15.0. The molecule has 5 atom stereocenters. The van der Waals surface area contributed by atoms with Gasteiger partial charge in [0.2, 0.25) is 5.91 Å². The fourth-order valence-electron chi connectivity index (χ4n) is 3.55. The fourth-order valence-corrected chi connectivity index (χ4v) is 3.55. The van der Waals surface area contributed by atoms with Gasteiger partial charge in [-0.05, 0) is 25.7 Å². The van der Waals surface area contributed by atoms with Crippen molar-refractivity contribution in [2.75, 3.05) is 6.54 Å². The molecule has 2 fully saturated rings. The summed E-state index contributed by atoms with van der Waals surface area (Å²) in [6.45, 7) is 3.86. The number of carboxylic acid groups (broad SMARTS) is 1. The molecule has 1 amide bonds. The Morgan fingerprint density at radius 2 is 2.10 bits per heavy atom. The number of carbonyl (C=O) groups excluding carboxylic acids is 1. The number of carboxylic acids is 1. The Morgan fingerprint density at radius 1 is 1.40 bits per heavy atom. The number of nitrogens with one attached hydrogen (secondary N) is 1. The number of aliphatic carboxylic acids is 1. The van der Waals surface area contributed by atoms with Gasteiger partial charge in [-0.1, -0.05) is 12.2 Å². The maximum absolute atomic E-state index is 11.4. The lowest BCUT2D eigenvalue weighted by molar-refractivity contribution is -0.144. The lowest BCUT2D eigenvalue weighted by Gasteiger charge is -2.42. The van der Waals surface area contributed by atoms with Crippen LogP contribution in [0.4, 0.5) is 0 Å². The Bertz CT molecular complexity index is 423. The molecule has 0 aromatic heterocycles. The van der Waals surface area contributed by atoms with E-state index in [9.17, 15) is 19.8 Å². The summed E-state index contributed by atoms with van der Waals surface area (Å²) in [6.07, 6.45) is 4.26. The van der Waals surface area contributed by atoms with Crippen molar-refractivity contribution in [1.82, 2.24) is 10.2 Å². The fraction of sp³-hybridized carbons (Fsp3) is 0.714. The number of hydrogen-bond acceptors (Lipinski definition) is 4. The largest absolute Gasteiger partial charge is 0.480 e. The van der Waals surface area contributed by atoms with Crippen LogP contribution in [0.15, 0.2) is 12.2 Å². The highest BCUT2D eigenvalue weighted by molar-refractivity contribution is 5.75. The van der Waals surface area contributed by atoms with E-state index in [0.717, 1.165) is 0 Å². The minimum absolute atomic E-state index is 0.0351. The van der Waals surface area contributed by atoms with Crippen molar-refractivity contribution < 1.29 is 19.8 Å². The third kappa shape index (κ3) is 2.71. The summed E-state index contributed by atoms with van der Waals surface area (Å²) in [7, 11) is 0. The highest BCUT2D eigenvalue weighted by atomic mass is 16.4. The minimum Gasteiger partial charge on any atom is -0.480 e. The lowest BCUT2D eigenvalue weighted by atomic mass is 9.86. The normalized spacial score (nSPS) is 37.9. The predicted octanol–water partition coefficient (Wildman–Crippen LogP) is -0.0245. The van der Waals surface area contributed by atoms with Gasteiger partial charge in [-0.2, -0.15) is 0 Å². The molecule has 0 aromatic rings. The summed E-state index contributed by atoms with van der Waals surface area (Å²) >= 11 is 0. The van der Waals surface area contributed by atoms with Crippen molar-refractivity contribution in [2.45, 2.75) is 50.9 Å². The molecule has 20 heavy (non-hydrogen) atoms. The second kappa shape index (κ2) is 5.93. The zero-order chi connectivity index (χ0) is 14.9. The van der Waals surface area contributed by atoms with E-state index in [0.29, 0.717) is 19.4 Å². The summed E-state index contributed by atoms with van der Waals surface area (Å²) in [4.78, 5) is 24.7. The van der Waals surface area contributed by atoms with Gasteiger partial charge in [0.15, 0.2) is 0 Å². The second-order valence-corrected chi connectivity index (χ2v) is 5.59. The van der Waals surface area contributed by atoms with E-state index < -0.39 is 24.2 Å². The van der Waals surface area contributed by atoms with Gasteiger partial charge in [0.1, 0.15) is 6.04 Å². The number of carbonyl (C=O) groups is 2. The molecule has 0 radical (unpaired) electrons. The topological polar surface area (TPSA) is 89.9 Å². The quantitative estimate of drug-likeness (QED) is 0.633. The number of hydrogen-bond donors (Lipinski definition) is 3. The van der Waals surface area contributed by atoms with Crippen LogP contribution in [0.3, 0.4) is 0 Å². The summed E-state index contributed by atoms with van der Waals surface area (Å²) in [5.41, 5.74) is 0. The Balaban J connectivity index is 2.29.